The third-order valence-electron chi connectivity index (χ3n) is 5.33. The Bertz CT molecular complexity index is 1140. The monoisotopic (exact) mass is 477 g/mol. The summed E-state index contributed by atoms with van der Waals surface area (Å²) in [4.78, 5) is 11.8. The number of esters is 1. The Morgan fingerprint density at radius 3 is 2.75 bits per heavy atom. The molecule has 2 heterocycles. The highest BCUT2D eigenvalue weighted by Gasteiger charge is 2.30. The fourth-order valence-corrected chi connectivity index (χ4v) is 5.74. The number of hydrogen-bond donors (Lipinski definition) is 0. The van der Waals surface area contributed by atoms with E-state index in [-0.39, 0.29) is 11.0 Å². The van der Waals surface area contributed by atoms with Gasteiger partial charge in [-0.25, -0.2) is 13.2 Å². The smallest absolute Gasteiger partial charge is 0.330 e. The van der Waals surface area contributed by atoms with Gasteiger partial charge in [-0.05, 0) is 36.8 Å². The molecule has 0 aromatic heterocycles. The second kappa shape index (κ2) is 9.62. The van der Waals surface area contributed by atoms with Gasteiger partial charge in [-0.1, -0.05) is 29.8 Å². The zero-order chi connectivity index (χ0) is 22.7. The van der Waals surface area contributed by atoms with Crippen LogP contribution in [0.1, 0.15) is 12.5 Å². The molecule has 4 rings (SSSR count). The van der Waals surface area contributed by atoms with Crippen LogP contribution in [-0.4, -0.2) is 57.7 Å². The van der Waals surface area contributed by atoms with Crippen molar-refractivity contribution >= 4 is 27.6 Å². The molecule has 1 unspecified atom stereocenters. The normalized spacial score (nSPS) is 19.0. The molecule has 0 spiro atoms. The highest BCUT2D eigenvalue weighted by Crippen LogP contribution is 2.41. The molecule has 170 valence electrons. The lowest BCUT2D eigenvalue weighted by molar-refractivity contribution is -0.137. The largest absolute Gasteiger partial charge is 0.484 e. The molecule has 0 saturated carbocycles. The minimum absolute atomic E-state index is 0.232. The van der Waals surface area contributed by atoms with Crippen LogP contribution in [0.3, 0.4) is 0 Å². The Kier molecular flexibility index (Phi) is 6.85. The first kappa shape index (κ1) is 22.8. The van der Waals surface area contributed by atoms with Gasteiger partial charge >= 0.3 is 5.97 Å². The molecule has 0 aliphatic carbocycles. The molecule has 2 aliphatic heterocycles. The highest BCUT2D eigenvalue weighted by molar-refractivity contribution is 7.89. The molecule has 2 aliphatic rings. The maximum atomic E-state index is 13.3. The predicted octanol–water partition coefficient (Wildman–Crippen LogP) is 3.45. The fraction of sp³-hybridized carbons (Fsp3) is 0.348. The van der Waals surface area contributed by atoms with Gasteiger partial charge in [0.05, 0.1) is 29.7 Å². The van der Waals surface area contributed by atoms with Crippen LogP contribution >= 0.6 is 11.6 Å². The summed E-state index contributed by atoms with van der Waals surface area (Å²) in [6.45, 7) is 3.45. The molecule has 0 bridgehead atoms. The average molecular weight is 478 g/mol. The molecule has 32 heavy (non-hydrogen) atoms. The zero-order valence-corrected chi connectivity index (χ0v) is 19.2. The van der Waals surface area contributed by atoms with Crippen molar-refractivity contribution in [3.8, 4) is 16.9 Å². The lowest BCUT2D eigenvalue weighted by Gasteiger charge is -2.27. The number of benzene rings is 2. The van der Waals surface area contributed by atoms with E-state index in [1.54, 1.807) is 43.3 Å². The molecule has 1 fully saturated rings. The molecular formula is C23H24ClNO6S. The first-order valence-electron chi connectivity index (χ1n) is 10.4. The Balaban J connectivity index is 1.64. The minimum Gasteiger partial charge on any atom is -0.484 e. The van der Waals surface area contributed by atoms with Crippen molar-refractivity contribution in [2.24, 2.45) is 0 Å². The first-order valence-corrected chi connectivity index (χ1v) is 12.2. The van der Waals surface area contributed by atoms with Crippen LogP contribution in [0.15, 0.2) is 53.4 Å². The summed E-state index contributed by atoms with van der Waals surface area (Å²) in [5, 5.41) is 0.392. The number of hydrogen-bond acceptors (Lipinski definition) is 6. The van der Waals surface area contributed by atoms with Crippen LogP contribution in [0.4, 0.5) is 0 Å². The second-order valence-electron chi connectivity index (χ2n) is 7.43. The quantitative estimate of drug-likeness (QED) is 0.468. The summed E-state index contributed by atoms with van der Waals surface area (Å²) in [7, 11) is -3.69. The summed E-state index contributed by atoms with van der Waals surface area (Å²) in [5.41, 5.74) is 2.12. The molecule has 0 N–H and O–H groups in total. The number of ether oxygens (including phenoxy) is 3. The molecule has 9 heteroatoms. The van der Waals surface area contributed by atoms with E-state index in [0.717, 1.165) is 5.56 Å². The van der Waals surface area contributed by atoms with Crippen LogP contribution in [-0.2, 0) is 30.7 Å². The predicted molar refractivity (Wildman–Crippen MR) is 120 cm³/mol. The topological polar surface area (TPSA) is 82.1 Å². The van der Waals surface area contributed by atoms with Crippen molar-refractivity contribution in [2.75, 3.05) is 32.9 Å². The average Bonchev–Trinajstić information content (AvgIpc) is 3.22. The number of morpholine rings is 1. The molecule has 0 amide bonds. The van der Waals surface area contributed by atoms with Crippen molar-refractivity contribution in [1.29, 1.82) is 0 Å². The number of fused-ring (bicyclic) bond motifs is 1. The van der Waals surface area contributed by atoms with Crippen molar-refractivity contribution in [3.63, 3.8) is 0 Å². The van der Waals surface area contributed by atoms with Crippen molar-refractivity contribution in [1.82, 2.24) is 4.31 Å². The Hall–Kier alpha value is -2.39. The molecule has 2 aromatic carbocycles. The zero-order valence-electron chi connectivity index (χ0n) is 17.6. The number of nitrogens with zero attached hydrogens (tertiary/aromatic N) is 1. The fourth-order valence-electron chi connectivity index (χ4n) is 3.84. The van der Waals surface area contributed by atoms with Crippen LogP contribution in [0.25, 0.3) is 11.1 Å². The van der Waals surface area contributed by atoms with Crippen LogP contribution in [0, 0.1) is 0 Å². The van der Waals surface area contributed by atoms with Gasteiger partial charge in [-0.15, -0.1) is 0 Å². The van der Waals surface area contributed by atoms with E-state index in [0.29, 0.717) is 61.2 Å². The molecule has 2 aromatic rings. The number of carbonyl (C=O) groups is 1. The van der Waals surface area contributed by atoms with Gasteiger partial charge in [0.25, 0.3) is 0 Å². The summed E-state index contributed by atoms with van der Waals surface area (Å²) in [6, 6.07) is 10.5. The molecule has 1 atom stereocenters. The van der Waals surface area contributed by atoms with Gasteiger partial charge in [-0.2, -0.15) is 4.31 Å². The standard InChI is InChI=1S/C23H24ClNO6S/c1-2-30-22(26)8-7-18-14-17-13-16(15-20(24)23(17)31-18)19-5-3-4-6-21(19)32(27,28)25-9-11-29-12-10-25/h3-8,13,15,18H,2,9-12,14H2,1H3/b8-7+. The second-order valence-corrected chi connectivity index (χ2v) is 9.74. The van der Waals surface area contributed by atoms with Gasteiger partial charge in [0.2, 0.25) is 10.0 Å². The van der Waals surface area contributed by atoms with E-state index in [4.69, 9.17) is 25.8 Å². The third-order valence-corrected chi connectivity index (χ3v) is 7.57. The summed E-state index contributed by atoms with van der Waals surface area (Å²) in [6.07, 6.45) is 3.15. The molecule has 0 radical (unpaired) electrons. The van der Waals surface area contributed by atoms with E-state index >= 15 is 0 Å². The number of sulfonamides is 1. The van der Waals surface area contributed by atoms with Gasteiger partial charge in [-0.3, -0.25) is 0 Å². The molecule has 1 saturated heterocycles. The SMILES string of the molecule is CCOC(=O)/C=C/C1Cc2cc(-c3ccccc3S(=O)(=O)N3CCOCC3)cc(Cl)c2O1. The van der Waals surface area contributed by atoms with Crippen LogP contribution < -0.4 is 4.74 Å². The third kappa shape index (κ3) is 4.68. The minimum atomic E-state index is -3.69. The summed E-state index contributed by atoms with van der Waals surface area (Å²) < 4.78 is 44.2. The van der Waals surface area contributed by atoms with Gasteiger partial charge < -0.3 is 14.2 Å². The van der Waals surface area contributed by atoms with E-state index in [1.807, 2.05) is 6.07 Å². The summed E-state index contributed by atoms with van der Waals surface area (Å²) in [5.74, 6) is 0.114. The summed E-state index contributed by atoms with van der Waals surface area (Å²) >= 11 is 6.50. The van der Waals surface area contributed by atoms with Crippen molar-refractivity contribution in [3.05, 3.63) is 59.1 Å². The van der Waals surface area contributed by atoms with Crippen molar-refractivity contribution < 1.29 is 27.4 Å². The van der Waals surface area contributed by atoms with Crippen LogP contribution in [0.5, 0.6) is 5.75 Å². The Morgan fingerprint density at radius 1 is 1.25 bits per heavy atom. The van der Waals surface area contributed by atoms with E-state index < -0.39 is 16.0 Å². The molecule has 7 nitrogen and oxygen atoms in total. The lowest BCUT2D eigenvalue weighted by atomic mass is 10.0. The van der Waals surface area contributed by atoms with E-state index in [1.165, 1.54) is 10.4 Å². The number of rotatable bonds is 6. The maximum Gasteiger partial charge on any atom is 0.330 e. The maximum absolute atomic E-state index is 13.3. The number of carbonyl (C=O) groups excluding carboxylic acids is 1. The number of halogens is 1. The van der Waals surface area contributed by atoms with Gasteiger partial charge in [0.15, 0.2) is 0 Å². The van der Waals surface area contributed by atoms with Crippen LogP contribution in [0.2, 0.25) is 5.02 Å². The van der Waals surface area contributed by atoms with Gasteiger partial charge in [0.1, 0.15) is 11.9 Å². The van der Waals surface area contributed by atoms with E-state index in [2.05, 4.69) is 0 Å². The first-order chi connectivity index (χ1) is 15.4. The lowest BCUT2D eigenvalue weighted by Crippen LogP contribution is -2.40. The highest BCUT2D eigenvalue weighted by atomic mass is 35.5. The Labute approximate surface area is 192 Å². The Morgan fingerprint density at radius 2 is 2.00 bits per heavy atom. The van der Waals surface area contributed by atoms with E-state index in [9.17, 15) is 13.2 Å². The molecular weight excluding hydrogens is 454 g/mol. The van der Waals surface area contributed by atoms with Crippen molar-refractivity contribution in [2.45, 2.75) is 24.3 Å². The van der Waals surface area contributed by atoms with Gasteiger partial charge in [0, 0.05) is 36.7 Å².